The van der Waals surface area contributed by atoms with Crippen molar-refractivity contribution in [2.45, 2.75) is 26.4 Å². The quantitative estimate of drug-likeness (QED) is 0.855. The zero-order chi connectivity index (χ0) is 17.2. The van der Waals surface area contributed by atoms with Crippen LogP contribution in [0.25, 0.3) is 0 Å². The molecule has 4 heterocycles. The largest absolute Gasteiger partial charge is 0.432 e. The van der Waals surface area contributed by atoms with Crippen LogP contribution in [0.1, 0.15) is 19.8 Å². The number of hydrogen-bond donors (Lipinski definition) is 2. The van der Waals surface area contributed by atoms with Crippen LogP contribution in [0.15, 0.2) is 12.4 Å². The van der Waals surface area contributed by atoms with Gasteiger partial charge in [-0.15, -0.1) is 0 Å². The maximum Gasteiger partial charge on any atom is 0.387 e. The molecule has 9 heteroatoms. The normalized spacial score (nSPS) is 28.7. The summed E-state index contributed by atoms with van der Waals surface area (Å²) in [5, 5.41) is 5.36. The molecule has 3 aliphatic heterocycles. The van der Waals surface area contributed by atoms with Gasteiger partial charge in [-0.3, -0.25) is 5.32 Å². The van der Waals surface area contributed by atoms with Crippen molar-refractivity contribution in [2.75, 3.05) is 31.5 Å². The molecule has 0 aromatic carbocycles. The van der Waals surface area contributed by atoms with E-state index in [2.05, 4.69) is 37.2 Å². The van der Waals surface area contributed by atoms with Gasteiger partial charge in [-0.25, -0.2) is 14.8 Å². The van der Waals surface area contributed by atoms with Crippen LogP contribution in [0.4, 0.5) is 19.5 Å². The number of carbonyl (C=O) groups excluding carboxylic acids is 1. The smallest absolute Gasteiger partial charge is 0.387 e. The number of anilines is 1. The number of halogens is 2. The second-order valence-corrected chi connectivity index (χ2v) is 6.63. The molecular weight excluding hydrogens is 320 g/mol. The highest BCUT2D eigenvalue weighted by atomic mass is 19.3. The van der Waals surface area contributed by atoms with Crippen LogP contribution in [0, 0.1) is 11.3 Å². The third-order valence-corrected chi connectivity index (χ3v) is 4.89. The number of ether oxygens (including phenoxy) is 1. The Morgan fingerprint density at radius 1 is 1.42 bits per heavy atom. The molecule has 0 unspecified atom stereocenters. The van der Waals surface area contributed by atoms with E-state index in [1.165, 1.54) is 12.8 Å². The van der Waals surface area contributed by atoms with Gasteiger partial charge in [0.05, 0.1) is 12.4 Å². The van der Waals surface area contributed by atoms with Gasteiger partial charge in [0.1, 0.15) is 0 Å². The fourth-order valence-electron chi connectivity index (χ4n) is 3.60. The van der Waals surface area contributed by atoms with Gasteiger partial charge in [-0.2, -0.15) is 8.78 Å². The second-order valence-electron chi connectivity index (χ2n) is 6.63. The third-order valence-electron chi connectivity index (χ3n) is 4.89. The van der Waals surface area contributed by atoms with Gasteiger partial charge in [-0.05, 0) is 31.8 Å². The number of amides is 2. The van der Waals surface area contributed by atoms with E-state index < -0.39 is 12.6 Å². The van der Waals surface area contributed by atoms with E-state index in [4.69, 9.17) is 0 Å². The Hall–Kier alpha value is -2.03. The molecule has 4 rings (SSSR count). The fourth-order valence-corrected chi connectivity index (χ4v) is 3.60. The first-order valence-electron chi connectivity index (χ1n) is 7.99. The molecule has 3 fully saturated rings. The van der Waals surface area contributed by atoms with Crippen molar-refractivity contribution in [1.29, 1.82) is 0 Å². The molecule has 24 heavy (non-hydrogen) atoms. The summed E-state index contributed by atoms with van der Waals surface area (Å²) in [6.07, 6.45) is 4.52. The number of rotatable bonds is 5. The van der Waals surface area contributed by atoms with E-state index in [1.807, 2.05) is 0 Å². The number of nitrogens with one attached hydrogen (secondary N) is 2. The lowest BCUT2D eigenvalue weighted by atomic mass is 9.68. The first kappa shape index (κ1) is 16.8. The minimum Gasteiger partial charge on any atom is -0.432 e. The summed E-state index contributed by atoms with van der Waals surface area (Å²) in [6.45, 7) is 3.13. The van der Waals surface area contributed by atoms with Crippen molar-refractivity contribution in [3.05, 3.63) is 12.4 Å². The van der Waals surface area contributed by atoms with E-state index >= 15 is 0 Å². The summed E-state index contributed by atoms with van der Waals surface area (Å²) in [7, 11) is 0. The lowest BCUT2D eigenvalue weighted by Gasteiger charge is -2.51. The number of hydrogen-bond acceptors (Lipinski definition) is 5. The zero-order valence-corrected chi connectivity index (χ0v) is 13.5. The van der Waals surface area contributed by atoms with Gasteiger partial charge in [0.25, 0.3) is 0 Å². The Bertz CT molecular complexity index is 578. The Morgan fingerprint density at radius 3 is 2.62 bits per heavy atom. The van der Waals surface area contributed by atoms with Crippen molar-refractivity contribution in [3.8, 4) is 5.75 Å². The topological polar surface area (TPSA) is 79.4 Å². The van der Waals surface area contributed by atoms with Gasteiger partial charge in [-0.1, -0.05) is 6.92 Å². The van der Waals surface area contributed by atoms with Crippen LogP contribution >= 0.6 is 0 Å². The van der Waals surface area contributed by atoms with Gasteiger partial charge >= 0.3 is 12.6 Å². The number of fused-ring (bicyclic) bond motifs is 3. The standard InChI is InChI=1S/C15H21F2N5O2/c1-15(9-22-4-2-10(15)3-5-22)8-20-14(23)21-13-18-6-11(7-19-13)24-12(16)17/h6-7,10,12H,2-5,8-9H2,1H3,(H2,18,19,20,21,23)/t15-/m1/s1. The summed E-state index contributed by atoms with van der Waals surface area (Å²) < 4.78 is 28.2. The molecule has 2 amide bonds. The van der Waals surface area contributed by atoms with Crippen molar-refractivity contribution in [3.63, 3.8) is 0 Å². The number of aromatic nitrogens is 2. The molecule has 2 N–H and O–H groups in total. The maximum atomic E-state index is 12.0. The highest BCUT2D eigenvalue weighted by Gasteiger charge is 2.43. The van der Waals surface area contributed by atoms with Gasteiger partial charge in [0.2, 0.25) is 5.95 Å². The fraction of sp³-hybridized carbons (Fsp3) is 0.667. The molecule has 0 spiro atoms. The lowest BCUT2D eigenvalue weighted by Crippen LogP contribution is -2.57. The van der Waals surface area contributed by atoms with E-state index in [0.717, 1.165) is 32.0 Å². The Balaban J connectivity index is 1.49. The predicted octanol–water partition coefficient (Wildman–Crippen LogP) is 1.93. The number of alkyl halides is 2. The Labute approximate surface area is 138 Å². The van der Waals surface area contributed by atoms with Crippen LogP contribution in [-0.4, -0.2) is 53.7 Å². The number of nitrogens with zero attached hydrogens (tertiary/aromatic N) is 3. The highest BCUT2D eigenvalue weighted by Crippen LogP contribution is 2.41. The van der Waals surface area contributed by atoms with Crippen LogP contribution in [0.3, 0.4) is 0 Å². The SMILES string of the molecule is C[C@@]1(CNC(=O)Nc2ncc(OC(F)F)cn2)CN2CCC1CC2. The predicted molar refractivity (Wildman–Crippen MR) is 83.0 cm³/mol. The third kappa shape index (κ3) is 3.89. The minimum absolute atomic E-state index is 0.0354. The van der Waals surface area contributed by atoms with Crippen LogP contribution in [-0.2, 0) is 0 Å². The molecule has 3 saturated heterocycles. The van der Waals surface area contributed by atoms with Crippen molar-refractivity contribution < 1.29 is 18.3 Å². The van der Waals surface area contributed by atoms with E-state index in [-0.39, 0.29) is 17.1 Å². The van der Waals surface area contributed by atoms with Gasteiger partial charge in [0.15, 0.2) is 5.75 Å². The first-order valence-corrected chi connectivity index (χ1v) is 7.99. The number of urea groups is 1. The molecule has 1 aromatic heterocycles. The van der Waals surface area contributed by atoms with E-state index in [1.54, 1.807) is 0 Å². The summed E-state index contributed by atoms with van der Waals surface area (Å²) in [5.74, 6) is 0.508. The van der Waals surface area contributed by atoms with Gasteiger partial charge < -0.3 is 15.0 Å². The molecule has 132 valence electrons. The summed E-state index contributed by atoms with van der Waals surface area (Å²) >= 11 is 0. The van der Waals surface area contributed by atoms with E-state index in [0.29, 0.717) is 12.5 Å². The molecule has 0 radical (unpaired) electrons. The minimum atomic E-state index is -2.93. The number of carbonyl (C=O) groups is 1. The van der Waals surface area contributed by atoms with Gasteiger partial charge in [0, 0.05) is 18.5 Å². The van der Waals surface area contributed by atoms with Crippen LogP contribution in [0.2, 0.25) is 0 Å². The molecule has 2 bridgehead atoms. The molecule has 1 atom stereocenters. The first-order chi connectivity index (χ1) is 11.4. The van der Waals surface area contributed by atoms with Crippen molar-refractivity contribution in [2.24, 2.45) is 11.3 Å². The lowest BCUT2D eigenvalue weighted by molar-refractivity contribution is -0.0503. The van der Waals surface area contributed by atoms with Crippen LogP contribution < -0.4 is 15.4 Å². The molecular formula is C15H21F2N5O2. The van der Waals surface area contributed by atoms with E-state index in [9.17, 15) is 13.6 Å². The second kappa shape index (κ2) is 6.84. The summed E-state index contributed by atoms with van der Waals surface area (Å²) in [4.78, 5) is 22.0. The van der Waals surface area contributed by atoms with Crippen molar-refractivity contribution >= 4 is 12.0 Å². The zero-order valence-electron chi connectivity index (χ0n) is 13.5. The average Bonchev–Trinajstić information content (AvgIpc) is 2.55. The monoisotopic (exact) mass is 341 g/mol. The molecule has 3 aliphatic rings. The Kier molecular flexibility index (Phi) is 4.79. The maximum absolute atomic E-state index is 12.0. The molecule has 0 saturated carbocycles. The summed E-state index contributed by atoms with van der Waals surface area (Å²) in [5.41, 5.74) is 0.0731. The molecule has 1 aromatic rings. The molecule has 0 aliphatic carbocycles. The highest BCUT2D eigenvalue weighted by molar-refractivity contribution is 5.87. The van der Waals surface area contributed by atoms with Crippen LogP contribution in [0.5, 0.6) is 5.75 Å². The Morgan fingerprint density at radius 2 is 2.08 bits per heavy atom. The number of piperidine rings is 3. The summed E-state index contributed by atoms with van der Waals surface area (Å²) in [6, 6.07) is -0.407. The molecule has 7 nitrogen and oxygen atoms in total. The average molecular weight is 341 g/mol. The van der Waals surface area contributed by atoms with Crippen molar-refractivity contribution in [1.82, 2.24) is 20.2 Å².